The largest absolute Gasteiger partial charge is 0.469 e. The topological polar surface area (TPSA) is 151 Å². The number of carbonyl (C=O) groups excluding carboxylic acids is 2. The minimum absolute atomic E-state index is 0.0781. The minimum Gasteiger partial charge on any atom is -0.469 e. The fourth-order valence-corrected chi connectivity index (χ4v) is 3.66. The normalized spacial score (nSPS) is 12.3. The SMILES string of the molecule is CC.CC.CC.COC(=O)CC1Oc2ccccc2O1.IC(I)I.ICI.NC(=O)CC1Oc2ccccc2O1.NCCC1Oc2ccccc2O1. The lowest BCUT2D eigenvalue weighted by molar-refractivity contribution is -0.145. The first-order valence-electron chi connectivity index (χ1n) is 16.5. The van der Waals surface area contributed by atoms with E-state index in [-0.39, 0.29) is 25.1 Å². The van der Waals surface area contributed by atoms with Crippen molar-refractivity contribution in [2.75, 3.05) is 16.1 Å². The van der Waals surface area contributed by atoms with Crippen molar-refractivity contribution in [3.05, 3.63) is 72.8 Å². The summed E-state index contributed by atoms with van der Waals surface area (Å²) in [5, 5.41) is 0. The number of primary amides is 1. The molecule has 0 radical (unpaired) electrons. The third-order valence-electron chi connectivity index (χ3n) is 5.43. The Morgan fingerprint density at radius 1 is 0.615 bits per heavy atom. The molecule has 0 aliphatic carbocycles. The van der Waals surface area contributed by atoms with E-state index in [1.807, 2.05) is 90.1 Å². The fourth-order valence-electron chi connectivity index (χ4n) is 3.66. The molecule has 1 amide bonds. The Bertz CT molecular complexity index is 1280. The van der Waals surface area contributed by atoms with E-state index in [0.29, 0.717) is 29.5 Å². The molecule has 0 spiro atoms. The molecule has 0 bridgehead atoms. The third kappa shape index (κ3) is 23.7. The maximum atomic E-state index is 10.9. The molecular formula is C36H51I5N2O9. The number of esters is 1. The van der Waals surface area contributed by atoms with Crippen LogP contribution in [0.2, 0.25) is 0 Å². The first kappa shape index (κ1) is 53.1. The van der Waals surface area contributed by atoms with Crippen LogP contribution < -0.4 is 39.9 Å². The number of benzene rings is 3. The molecule has 0 aromatic heterocycles. The van der Waals surface area contributed by atoms with Crippen molar-refractivity contribution >= 4 is 125 Å². The van der Waals surface area contributed by atoms with Gasteiger partial charge in [0, 0.05) is 6.42 Å². The zero-order chi connectivity index (χ0) is 39.9. The molecule has 294 valence electrons. The molecule has 11 nitrogen and oxygen atoms in total. The number of amides is 1. The lowest BCUT2D eigenvalue weighted by Gasteiger charge is -2.07. The molecule has 3 heterocycles. The van der Waals surface area contributed by atoms with Crippen molar-refractivity contribution in [3.8, 4) is 34.5 Å². The van der Waals surface area contributed by atoms with Gasteiger partial charge in [0.1, 0.15) is 12.8 Å². The summed E-state index contributed by atoms with van der Waals surface area (Å²) in [6.07, 6.45) is -0.392. The molecule has 3 aromatic rings. The summed E-state index contributed by atoms with van der Waals surface area (Å²) in [5.74, 6) is 3.51. The molecule has 52 heavy (non-hydrogen) atoms. The molecule has 6 rings (SSSR count). The number of carbonyl (C=O) groups is 2. The van der Waals surface area contributed by atoms with Crippen LogP contribution in [-0.4, -0.2) is 46.8 Å². The maximum Gasteiger partial charge on any atom is 0.313 e. The third-order valence-corrected chi connectivity index (χ3v) is 5.43. The molecule has 0 saturated heterocycles. The van der Waals surface area contributed by atoms with Gasteiger partial charge < -0.3 is 44.6 Å². The number of para-hydroxylation sites is 6. The number of hydrogen-bond donors (Lipinski definition) is 2. The van der Waals surface area contributed by atoms with Crippen LogP contribution >= 0.6 is 113 Å². The fraction of sp³-hybridized carbons (Fsp3) is 0.444. The van der Waals surface area contributed by atoms with Gasteiger partial charge in [0.05, 0.1) is 9.54 Å². The Kier molecular flexibility index (Phi) is 35.2. The summed E-state index contributed by atoms with van der Waals surface area (Å²) in [4.78, 5) is 21.5. The standard InChI is InChI=1S/C10H10O4.C9H9NO3.C9H11NO2.3C2H6.CHI3.CH2I2/c1-12-9(11)6-10-13-7-4-2-3-5-8(7)14-10;10-8(11)5-9-12-6-3-1-2-4-7(6)13-9;10-6-5-9-11-7-3-1-2-4-8(7)12-9;3*1-2;2-1(3)4;2-1-3/h2-5,10H,6H2,1H3;1-4,9H,5H2,(H2,10,11);1-4,9H,5-6,10H2;3*1-2H3;1H;1H2. The minimum atomic E-state index is -0.560. The van der Waals surface area contributed by atoms with Crippen molar-refractivity contribution in [2.24, 2.45) is 11.5 Å². The van der Waals surface area contributed by atoms with Crippen molar-refractivity contribution in [1.29, 1.82) is 0 Å². The Morgan fingerprint density at radius 3 is 1.10 bits per heavy atom. The van der Waals surface area contributed by atoms with E-state index in [1.54, 1.807) is 24.3 Å². The Balaban J connectivity index is 0. The average molecular weight is 1290 g/mol. The highest BCUT2D eigenvalue weighted by molar-refractivity contribution is 14.3. The van der Waals surface area contributed by atoms with E-state index in [9.17, 15) is 9.59 Å². The number of fused-ring (bicyclic) bond motifs is 3. The Hall–Kier alpha value is -0.990. The van der Waals surface area contributed by atoms with Crippen LogP contribution in [0.15, 0.2) is 72.8 Å². The number of rotatable bonds is 6. The molecule has 3 aliphatic heterocycles. The molecule has 16 heteroatoms. The lowest BCUT2D eigenvalue weighted by Crippen LogP contribution is -2.26. The van der Waals surface area contributed by atoms with Crippen molar-refractivity contribution in [2.45, 2.75) is 79.6 Å². The highest BCUT2D eigenvalue weighted by atomic mass is 127. The van der Waals surface area contributed by atoms with Crippen LogP contribution in [-0.2, 0) is 14.3 Å². The summed E-state index contributed by atoms with van der Waals surface area (Å²) < 4.78 is 38.6. The number of ether oxygens (including phenoxy) is 7. The number of hydrogen-bond acceptors (Lipinski definition) is 10. The van der Waals surface area contributed by atoms with Gasteiger partial charge in [0.15, 0.2) is 34.5 Å². The Labute approximate surface area is 377 Å². The molecule has 3 aromatic carbocycles. The van der Waals surface area contributed by atoms with Gasteiger partial charge in [-0.05, 0) is 42.9 Å². The van der Waals surface area contributed by atoms with E-state index in [2.05, 4.69) is 118 Å². The Morgan fingerprint density at radius 2 is 0.865 bits per heavy atom. The molecule has 3 aliphatic rings. The molecular weight excluding hydrogens is 1240 g/mol. The van der Waals surface area contributed by atoms with Crippen LogP contribution in [0.1, 0.15) is 60.8 Å². The van der Waals surface area contributed by atoms with Crippen molar-refractivity contribution in [3.63, 3.8) is 0 Å². The van der Waals surface area contributed by atoms with Crippen LogP contribution in [0.25, 0.3) is 0 Å². The van der Waals surface area contributed by atoms with Crippen molar-refractivity contribution in [1.82, 2.24) is 0 Å². The predicted molar refractivity (Wildman–Crippen MR) is 251 cm³/mol. The number of methoxy groups -OCH3 is 1. The molecule has 0 atom stereocenters. The first-order chi connectivity index (χ1) is 25.1. The van der Waals surface area contributed by atoms with Gasteiger partial charge >= 0.3 is 5.97 Å². The highest BCUT2D eigenvalue weighted by Gasteiger charge is 2.27. The van der Waals surface area contributed by atoms with Crippen LogP contribution in [0.3, 0.4) is 0 Å². The second-order valence-electron chi connectivity index (χ2n) is 8.71. The number of nitrogens with two attached hydrogens (primary N) is 2. The summed E-state index contributed by atoms with van der Waals surface area (Å²) in [5.41, 5.74) is 10.4. The molecule has 4 N–H and O–H groups in total. The van der Waals surface area contributed by atoms with Gasteiger partial charge in [0.2, 0.25) is 18.5 Å². The van der Waals surface area contributed by atoms with Gasteiger partial charge in [-0.15, -0.1) is 0 Å². The summed E-state index contributed by atoms with van der Waals surface area (Å²) in [6, 6.07) is 22.2. The zero-order valence-corrected chi connectivity index (χ0v) is 41.3. The van der Waals surface area contributed by atoms with E-state index in [0.717, 1.165) is 17.9 Å². The summed E-state index contributed by atoms with van der Waals surface area (Å²) in [6.45, 7) is 12.6. The van der Waals surface area contributed by atoms with E-state index in [1.165, 1.54) is 9.54 Å². The second kappa shape index (κ2) is 34.5. The van der Waals surface area contributed by atoms with Gasteiger partial charge in [-0.1, -0.05) is 191 Å². The van der Waals surface area contributed by atoms with Gasteiger partial charge in [-0.25, -0.2) is 0 Å². The molecule has 0 fully saturated rings. The molecule has 0 saturated carbocycles. The van der Waals surface area contributed by atoms with Crippen molar-refractivity contribution < 1.29 is 42.7 Å². The lowest BCUT2D eigenvalue weighted by atomic mass is 10.3. The molecule has 0 unspecified atom stereocenters. The van der Waals surface area contributed by atoms with Gasteiger partial charge in [0.25, 0.3) is 6.29 Å². The van der Waals surface area contributed by atoms with E-state index >= 15 is 0 Å². The van der Waals surface area contributed by atoms with Gasteiger partial charge in [-0.3, -0.25) is 9.59 Å². The van der Waals surface area contributed by atoms with E-state index in [4.69, 9.17) is 39.9 Å². The first-order valence-corrected chi connectivity index (χ1v) is 23.2. The maximum absolute atomic E-state index is 10.9. The van der Waals surface area contributed by atoms with E-state index < -0.39 is 18.5 Å². The number of alkyl halides is 5. The van der Waals surface area contributed by atoms with Crippen LogP contribution in [0, 0.1) is 0 Å². The van der Waals surface area contributed by atoms with Gasteiger partial charge in [-0.2, -0.15) is 0 Å². The quantitative estimate of drug-likeness (QED) is 0.139. The zero-order valence-electron chi connectivity index (χ0n) is 30.5. The number of halogens is 5. The van der Waals surface area contributed by atoms with Crippen LogP contribution in [0.4, 0.5) is 0 Å². The smallest absolute Gasteiger partial charge is 0.313 e. The average Bonchev–Trinajstić information content (AvgIpc) is 3.87. The predicted octanol–water partition coefficient (Wildman–Crippen LogP) is 10.6. The highest BCUT2D eigenvalue weighted by Crippen LogP contribution is 2.36. The summed E-state index contributed by atoms with van der Waals surface area (Å²) in [7, 11) is 1.34. The monoisotopic (exact) mass is 1290 g/mol. The van der Waals surface area contributed by atoms with Crippen LogP contribution in [0.5, 0.6) is 34.5 Å². The second-order valence-corrected chi connectivity index (χ2v) is 24.0. The summed E-state index contributed by atoms with van der Waals surface area (Å²) >= 11 is 11.5.